The largest absolute Gasteiger partial charge is 0.504 e. The average Bonchev–Trinajstić information content (AvgIpc) is 3.16. The van der Waals surface area contributed by atoms with Gasteiger partial charge in [-0.25, -0.2) is 0 Å². The molecule has 3 N–H and O–H groups in total. The molecule has 6 heteroatoms. The van der Waals surface area contributed by atoms with Crippen LogP contribution >= 0.6 is 22.7 Å². The van der Waals surface area contributed by atoms with Gasteiger partial charge in [-0.15, -0.1) is 22.7 Å². The number of amides is 1. The second-order valence-corrected chi connectivity index (χ2v) is 7.87. The van der Waals surface area contributed by atoms with Crippen molar-refractivity contribution in [1.82, 2.24) is 5.32 Å². The number of fused-ring (bicyclic) bond motifs is 3. The minimum atomic E-state index is -0.144. The lowest BCUT2D eigenvalue weighted by molar-refractivity contribution is 0.0958. The lowest BCUT2D eigenvalue weighted by atomic mass is 10.1. The number of aromatic hydroxyl groups is 2. The molecule has 0 fully saturated rings. The van der Waals surface area contributed by atoms with Crippen molar-refractivity contribution in [3.05, 3.63) is 59.0 Å². The highest BCUT2D eigenvalue weighted by atomic mass is 32.1. The normalized spacial score (nSPS) is 11.2. The lowest BCUT2D eigenvalue weighted by Gasteiger charge is -2.05. The van der Waals surface area contributed by atoms with Gasteiger partial charge in [0.05, 0.1) is 9.58 Å². The molecule has 0 radical (unpaired) electrons. The molecule has 4 rings (SSSR count). The number of hydrogen-bond donors (Lipinski definition) is 3. The van der Waals surface area contributed by atoms with Gasteiger partial charge in [0.1, 0.15) is 0 Å². The zero-order valence-electron chi connectivity index (χ0n) is 13.2. The van der Waals surface area contributed by atoms with Gasteiger partial charge in [0.15, 0.2) is 11.5 Å². The molecule has 126 valence electrons. The van der Waals surface area contributed by atoms with Crippen LogP contribution in [0.4, 0.5) is 0 Å². The van der Waals surface area contributed by atoms with Gasteiger partial charge in [0.2, 0.25) is 0 Å². The molecule has 0 saturated carbocycles. The third kappa shape index (κ3) is 3.06. The fourth-order valence-electron chi connectivity index (χ4n) is 2.74. The molecule has 25 heavy (non-hydrogen) atoms. The number of rotatable bonds is 4. The minimum absolute atomic E-state index is 0.0829. The average molecular weight is 369 g/mol. The molecule has 0 atom stereocenters. The van der Waals surface area contributed by atoms with E-state index >= 15 is 0 Å². The number of nitrogens with one attached hydrogen (secondary N) is 1. The second-order valence-electron chi connectivity index (χ2n) is 5.73. The summed E-state index contributed by atoms with van der Waals surface area (Å²) in [6.07, 6.45) is 0.586. The lowest BCUT2D eigenvalue weighted by Crippen LogP contribution is -2.24. The molecule has 0 aliphatic carbocycles. The van der Waals surface area contributed by atoms with Crippen molar-refractivity contribution in [2.75, 3.05) is 6.54 Å². The maximum atomic E-state index is 12.4. The zero-order chi connectivity index (χ0) is 17.4. The third-order valence-corrected chi connectivity index (χ3v) is 6.43. The topological polar surface area (TPSA) is 69.6 Å². The summed E-state index contributed by atoms with van der Waals surface area (Å²) in [6, 6.07) is 14.9. The highest BCUT2D eigenvalue weighted by molar-refractivity contribution is 7.33. The Labute approximate surface area is 152 Å². The number of benzene rings is 2. The Bertz CT molecular complexity index is 1080. The predicted octanol–water partition coefficient (Wildman–Crippen LogP) is 4.50. The van der Waals surface area contributed by atoms with Crippen molar-refractivity contribution in [2.24, 2.45) is 0 Å². The van der Waals surface area contributed by atoms with Crippen LogP contribution in [0, 0.1) is 0 Å². The van der Waals surface area contributed by atoms with Crippen LogP contribution in [-0.4, -0.2) is 22.7 Å². The highest BCUT2D eigenvalue weighted by Gasteiger charge is 2.14. The summed E-state index contributed by atoms with van der Waals surface area (Å²) < 4.78 is 3.54. The van der Waals surface area contributed by atoms with Gasteiger partial charge in [-0.2, -0.15) is 0 Å². The van der Waals surface area contributed by atoms with Gasteiger partial charge in [-0.1, -0.05) is 24.3 Å². The van der Waals surface area contributed by atoms with Gasteiger partial charge >= 0.3 is 0 Å². The maximum Gasteiger partial charge on any atom is 0.261 e. The summed E-state index contributed by atoms with van der Waals surface area (Å²) in [5, 5.41) is 22.9. The van der Waals surface area contributed by atoms with E-state index in [-0.39, 0.29) is 17.4 Å². The fraction of sp³-hybridized carbons (Fsp3) is 0.105. The summed E-state index contributed by atoms with van der Waals surface area (Å²) in [6.45, 7) is 0.468. The molecule has 2 heterocycles. The van der Waals surface area contributed by atoms with Crippen LogP contribution in [-0.2, 0) is 6.42 Å². The Balaban J connectivity index is 1.45. The van der Waals surface area contributed by atoms with Crippen LogP contribution in [0.2, 0.25) is 0 Å². The van der Waals surface area contributed by atoms with Crippen LogP contribution in [0.15, 0.2) is 48.5 Å². The van der Waals surface area contributed by atoms with E-state index < -0.39 is 0 Å². The second kappa shape index (κ2) is 6.38. The number of hydrogen-bond acceptors (Lipinski definition) is 5. The van der Waals surface area contributed by atoms with E-state index in [0.717, 1.165) is 15.0 Å². The van der Waals surface area contributed by atoms with Gasteiger partial charge < -0.3 is 15.5 Å². The van der Waals surface area contributed by atoms with E-state index in [1.165, 1.54) is 33.6 Å². The molecule has 4 nitrogen and oxygen atoms in total. The molecular formula is C19H15NO3S2. The maximum absolute atomic E-state index is 12.4. The van der Waals surface area contributed by atoms with Crippen LogP contribution in [0.25, 0.3) is 19.5 Å². The third-order valence-electron chi connectivity index (χ3n) is 4.01. The Kier molecular flexibility index (Phi) is 4.07. The van der Waals surface area contributed by atoms with Gasteiger partial charge in [-0.05, 0) is 36.2 Å². The first kappa shape index (κ1) is 15.9. The minimum Gasteiger partial charge on any atom is -0.504 e. The first-order valence-electron chi connectivity index (χ1n) is 7.82. The van der Waals surface area contributed by atoms with Crippen LogP contribution in [0.3, 0.4) is 0 Å². The summed E-state index contributed by atoms with van der Waals surface area (Å²) in [5.74, 6) is -0.367. The zero-order valence-corrected chi connectivity index (χ0v) is 14.8. The van der Waals surface area contributed by atoms with Crippen molar-refractivity contribution in [3.63, 3.8) is 0 Å². The molecule has 0 spiro atoms. The molecule has 0 unspecified atom stereocenters. The summed E-state index contributed by atoms with van der Waals surface area (Å²) in [5.41, 5.74) is 0.855. The molecule has 2 aromatic carbocycles. The molecule has 0 saturated heterocycles. The highest BCUT2D eigenvalue weighted by Crippen LogP contribution is 2.39. The molecule has 0 aliphatic rings. The van der Waals surface area contributed by atoms with Crippen LogP contribution < -0.4 is 5.32 Å². The molecule has 0 bridgehead atoms. The number of thiophene rings is 2. The van der Waals surface area contributed by atoms with Crippen LogP contribution in [0.5, 0.6) is 11.5 Å². The van der Waals surface area contributed by atoms with E-state index in [1.54, 1.807) is 17.4 Å². The summed E-state index contributed by atoms with van der Waals surface area (Å²) in [7, 11) is 0. The number of phenolic OH excluding ortho intramolecular Hbond substituents is 2. The number of carbonyl (C=O) groups excluding carboxylic acids is 1. The Morgan fingerprint density at radius 1 is 0.960 bits per heavy atom. The van der Waals surface area contributed by atoms with Crippen molar-refractivity contribution >= 4 is 48.1 Å². The number of phenols is 2. The quantitative estimate of drug-likeness (QED) is 0.464. The molecule has 1 amide bonds. The van der Waals surface area contributed by atoms with Gasteiger partial charge in [0.25, 0.3) is 5.91 Å². The predicted molar refractivity (Wildman–Crippen MR) is 103 cm³/mol. The molecular weight excluding hydrogens is 354 g/mol. The van der Waals surface area contributed by atoms with Crippen molar-refractivity contribution in [1.29, 1.82) is 0 Å². The van der Waals surface area contributed by atoms with Crippen molar-refractivity contribution in [2.45, 2.75) is 6.42 Å². The molecule has 4 aromatic rings. The van der Waals surface area contributed by atoms with E-state index in [4.69, 9.17) is 0 Å². The molecule has 2 aromatic heterocycles. The Morgan fingerprint density at radius 2 is 1.80 bits per heavy atom. The van der Waals surface area contributed by atoms with Crippen molar-refractivity contribution < 1.29 is 15.0 Å². The Morgan fingerprint density at radius 3 is 2.64 bits per heavy atom. The number of carbonyl (C=O) groups is 1. The van der Waals surface area contributed by atoms with Gasteiger partial charge in [-0.3, -0.25) is 4.79 Å². The fourth-order valence-corrected chi connectivity index (χ4v) is 5.18. The standard InChI is InChI=1S/C19H15NO3S2/c21-13-6-5-11(9-14(13)22)7-8-20-19(23)17-10-16-18(25-17)12-3-1-2-4-15(12)24-16/h1-6,9-10,21-22H,7-8H2,(H,20,23). The van der Waals surface area contributed by atoms with Crippen LogP contribution in [0.1, 0.15) is 15.2 Å². The van der Waals surface area contributed by atoms with E-state index in [9.17, 15) is 15.0 Å². The first-order chi connectivity index (χ1) is 12.1. The van der Waals surface area contributed by atoms with E-state index in [1.807, 2.05) is 18.2 Å². The van der Waals surface area contributed by atoms with E-state index in [2.05, 4.69) is 17.4 Å². The molecule has 0 aliphatic heterocycles. The summed E-state index contributed by atoms with van der Waals surface area (Å²) in [4.78, 5) is 13.1. The summed E-state index contributed by atoms with van der Waals surface area (Å²) >= 11 is 3.22. The van der Waals surface area contributed by atoms with Crippen molar-refractivity contribution in [3.8, 4) is 11.5 Å². The van der Waals surface area contributed by atoms with Gasteiger partial charge in [0, 0.05) is 21.3 Å². The SMILES string of the molecule is O=C(NCCc1ccc(O)c(O)c1)c1cc2sc3ccccc3c2s1. The van der Waals surface area contributed by atoms with E-state index in [0.29, 0.717) is 17.8 Å². The smallest absolute Gasteiger partial charge is 0.261 e. The first-order valence-corrected chi connectivity index (χ1v) is 9.45. The monoisotopic (exact) mass is 369 g/mol. The Hall–Kier alpha value is -2.57.